The number of anilines is 1. The van der Waals surface area contributed by atoms with Crippen LogP contribution in [-0.4, -0.2) is 55.2 Å². The Kier molecular flexibility index (Phi) is 8.39. The minimum atomic E-state index is -4.65. The first kappa shape index (κ1) is 29.5. The van der Waals surface area contributed by atoms with Crippen molar-refractivity contribution in [3.63, 3.8) is 0 Å². The number of aryl methyl sites for hydroxylation is 1. The van der Waals surface area contributed by atoms with Crippen molar-refractivity contribution >= 4 is 11.6 Å². The Balaban J connectivity index is 1.24. The second-order valence-corrected chi connectivity index (χ2v) is 11.4. The van der Waals surface area contributed by atoms with Crippen LogP contribution in [0.25, 0.3) is 11.3 Å². The van der Waals surface area contributed by atoms with Crippen LogP contribution < -0.4 is 10.1 Å². The number of aromatic nitrogens is 2. The van der Waals surface area contributed by atoms with Gasteiger partial charge >= 0.3 is 6.18 Å². The number of rotatable bonds is 9. The number of alkyl halides is 3. The van der Waals surface area contributed by atoms with Crippen molar-refractivity contribution in [2.75, 3.05) is 38.4 Å². The largest absolute Gasteiger partial charge is 0.475 e. The van der Waals surface area contributed by atoms with Crippen LogP contribution in [0.4, 0.5) is 18.9 Å². The van der Waals surface area contributed by atoms with Gasteiger partial charge in [0.2, 0.25) is 5.88 Å². The van der Waals surface area contributed by atoms with Crippen LogP contribution >= 0.6 is 0 Å². The lowest BCUT2D eigenvalue weighted by Gasteiger charge is -2.24. The molecule has 6 rings (SSSR count). The molecule has 43 heavy (non-hydrogen) atoms. The first-order valence-electron chi connectivity index (χ1n) is 14.6. The number of nitrogens with zero attached hydrogens (tertiary/aromatic N) is 2. The third-order valence-corrected chi connectivity index (χ3v) is 8.48. The first-order valence-corrected chi connectivity index (χ1v) is 14.6. The average Bonchev–Trinajstić information content (AvgIpc) is 3.77. The number of amides is 1. The highest BCUT2D eigenvalue weighted by atomic mass is 19.4. The number of benzene rings is 1. The number of pyridine rings is 2. The van der Waals surface area contributed by atoms with Gasteiger partial charge in [0.15, 0.2) is 6.29 Å². The maximum Gasteiger partial charge on any atom is 0.433 e. The Labute approximate surface area is 247 Å². The van der Waals surface area contributed by atoms with Crippen molar-refractivity contribution in [3.8, 4) is 17.1 Å². The molecule has 3 unspecified atom stereocenters. The molecule has 2 aromatic heterocycles. The summed E-state index contributed by atoms with van der Waals surface area (Å²) in [6.45, 7) is 4.77. The Morgan fingerprint density at radius 1 is 1.12 bits per heavy atom. The number of fused-ring (bicyclic) bond motifs is 1. The van der Waals surface area contributed by atoms with Crippen molar-refractivity contribution in [2.24, 2.45) is 5.92 Å². The van der Waals surface area contributed by atoms with Crippen LogP contribution in [0.2, 0.25) is 0 Å². The molecule has 1 aliphatic carbocycles. The highest BCUT2D eigenvalue weighted by molar-refractivity contribution is 6.04. The molecule has 2 saturated heterocycles. The Bertz CT molecular complexity index is 1480. The van der Waals surface area contributed by atoms with E-state index in [4.69, 9.17) is 23.9 Å². The molecule has 4 heterocycles. The molecule has 228 valence electrons. The maximum absolute atomic E-state index is 13.1. The van der Waals surface area contributed by atoms with Crippen LogP contribution in [0.1, 0.15) is 59.3 Å². The molecule has 3 aliphatic rings. The van der Waals surface area contributed by atoms with Crippen molar-refractivity contribution in [1.82, 2.24) is 9.97 Å². The molecule has 1 N–H and O–H groups in total. The third kappa shape index (κ3) is 6.68. The van der Waals surface area contributed by atoms with Crippen LogP contribution in [0.3, 0.4) is 0 Å². The lowest BCUT2D eigenvalue weighted by molar-refractivity contribution is -0.165. The Morgan fingerprint density at radius 2 is 2.00 bits per heavy atom. The maximum atomic E-state index is 13.1. The van der Waals surface area contributed by atoms with E-state index in [9.17, 15) is 18.0 Å². The molecule has 2 aliphatic heterocycles. The van der Waals surface area contributed by atoms with E-state index in [0.717, 1.165) is 67.7 Å². The fourth-order valence-corrected chi connectivity index (χ4v) is 5.96. The van der Waals surface area contributed by atoms with E-state index in [1.165, 1.54) is 6.07 Å². The number of carbonyl (C=O) groups is 1. The number of hydrogen-bond acceptors (Lipinski definition) is 7. The van der Waals surface area contributed by atoms with E-state index in [2.05, 4.69) is 16.4 Å². The minimum absolute atomic E-state index is 0.0255. The van der Waals surface area contributed by atoms with Gasteiger partial charge in [-0.3, -0.25) is 9.78 Å². The molecule has 11 heteroatoms. The highest BCUT2D eigenvalue weighted by Crippen LogP contribution is 2.59. The predicted octanol–water partition coefficient (Wildman–Crippen LogP) is 6.32. The van der Waals surface area contributed by atoms with Gasteiger partial charge in [-0.15, -0.1) is 0 Å². The molecule has 3 aromatic rings. The Morgan fingerprint density at radius 3 is 2.79 bits per heavy atom. The highest BCUT2D eigenvalue weighted by Gasteiger charge is 2.56. The standard InChI is InChI=1S/C32H34F3N3O5/c1-20-5-6-24(37-30(39)21-7-9-36-27(14-21)32(33,34)35)17-25(20)26-15-22(31-8-11-40-19-23(31)18-31)16-28(38-26)41-12-13-43-29-4-2-3-10-42-29/h5-7,9,14-17,23,29H,2-4,8,10-13,18-19H2,1H3,(H,37,39). The third-order valence-electron chi connectivity index (χ3n) is 8.48. The van der Waals surface area contributed by atoms with Crippen LogP contribution in [0.5, 0.6) is 5.88 Å². The molecule has 8 nitrogen and oxygen atoms in total. The summed E-state index contributed by atoms with van der Waals surface area (Å²) in [6, 6.07) is 11.4. The summed E-state index contributed by atoms with van der Waals surface area (Å²) < 4.78 is 62.6. The van der Waals surface area contributed by atoms with E-state index >= 15 is 0 Å². The molecule has 0 radical (unpaired) electrons. The monoisotopic (exact) mass is 597 g/mol. The molecule has 0 spiro atoms. The quantitative estimate of drug-likeness (QED) is 0.289. The Hall–Kier alpha value is -3.54. The second-order valence-electron chi connectivity index (χ2n) is 11.4. The summed E-state index contributed by atoms with van der Waals surface area (Å²) in [6.07, 6.45) is 1.10. The molecule has 3 atom stereocenters. The van der Waals surface area contributed by atoms with Gasteiger partial charge in [0, 0.05) is 47.7 Å². The molecule has 1 saturated carbocycles. The molecule has 1 amide bonds. The van der Waals surface area contributed by atoms with E-state index < -0.39 is 17.8 Å². The summed E-state index contributed by atoms with van der Waals surface area (Å²) in [4.78, 5) is 21.0. The van der Waals surface area contributed by atoms with Gasteiger partial charge < -0.3 is 24.3 Å². The van der Waals surface area contributed by atoms with Gasteiger partial charge in [-0.25, -0.2) is 4.98 Å². The summed E-state index contributed by atoms with van der Waals surface area (Å²) in [7, 11) is 0. The SMILES string of the molecule is Cc1ccc(NC(=O)c2ccnc(C(F)(F)F)c2)cc1-c1cc(C23CCOCC2C3)cc(OCCOC2CCCCO2)n1. The fraction of sp³-hybridized carbons (Fsp3) is 0.469. The first-order chi connectivity index (χ1) is 20.7. The van der Waals surface area contributed by atoms with Gasteiger partial charge in [0.05, 0.1) is 18.9 Å². The topological polar surface area (TPSA) is 91.8 Å². The molecule has 1 aromatic carbocycles. The van der Waals surface area contributed by atoms with Gasteiger partial charge in [-0.2, -0.15) is 13.2 Å². The van der Waals surface area contributed by atoms with E-state index in [-0.39, 0.29) is 17.3 Å². The zero-order valence-electron chi connectivity index (χ0n) is 23.9. The van der Waals surface area contributed by atoms with Gasteiger partial charge in [-0.05, 0) is 86.4 Å². The van der Waals surface area contributed by atoms with E-state index in [0.29, 0.717) is 49.6 Å². The minimum Gasteiger partial charge on any atom is -0.475 e. The number of halogens is 3. The average molecular weight is 598 g/mol. The van der Waals surface area contributed by atoms with Gasteiger partial charge in [-0.1, -0.05) is 6.07 Å². The number of ether oxygens (including phenoxy) is 4. The number of carbonyl (C=O) groups excluding carboxylic acids is 1. The molecule has 0 bridgehead atoms. The molecular weight excluding hydrogens is 563 g/mol. The van der Waals surface area contributed by atoms with Crippen molar-refractivity contribution in [1.29, 1.82) is 0 Å². The van der Waals surface area contributed by atoms with Gasteiger partial charge in [0.1, 0.15) is 12.3 Å². The normalized spacial score (nSPS) is 23.3. The van der Waals surface area contributed by atoms with Crippen molar-refractivity contribution < 1.29 is 36.9 Å². The number of hydrogen-bond donors (Lipinski definition) is 1. The zero-order chi connectivity index (χ0) is 30.0. The predicted molar refractivity (Wildman–Crippen MR) is 152 cm³/mol. The lowest BCUT2D eigenvalue weighted by atomic mass is 9.88. The smallest absolute Gasteiger partial charge is 0.433 e. The van der Waals surface area contributed by atoms with Crippen molar-refractivity contribution in [3.05, 3.63) is 71.0 Å². The molecule has 3 fully saturated rings. The summed E-state index contributed by atoms with van der Waals surface area (Å²) in [5, 5.41) is 2.72. The van der Waals surface area contributed by atoms with Crippen LogP contribution in [0.15, 0.2) is 48.7 Å². The summed E-state index contributed by atoms with van der Waals surface area (Å²) in [5.74, 6) is 0.264. The summed E-state index contributed by atoms with van der Waals surface area (Å²) >= 11 is 0. The zero-order valence-corrected chi connectivity index (χ0v) is 23.9. The number of nitrogens with one attached hydrogen (secondary N) is 1. The van der Waals surface area contributed by atoms with E-state index in [1.54, 1.807) is 12.1 Å². The van der Waals surface area contributed by atoms with Crippen molar-refractivity contribution in [2.45, 2.75) is 56.9 Å². The van der Waals surface area contributed by atoms with Crippen LogP contribution in [0, 0.1) is 12.8 Å². The lowest BCUT2D eigenvalue weighted by Crippen LogP contribution is -2.24. The van der Waals surface area contributed by atoms with Crippen LogP contribution in [-0.2, 0) is 25.8 Å². The second kappa shape index (κ2) is 12.2. The fourth-order valence-electron chi connectivity index (χ4n) is 5.96. The van der Waals surface area contributed by atoms with E-state index in [1.807, 2.05) is 19.1 Å². The summed E-state index contributed by atoms with van der Waals surface area (Å²) in [5.41, 5.74) is 2.72. The van der Waals surface area contributed by atoms with Gasteiger partial charge in [0.25, 0.3) is 5.91 Å². The molecular formula is C32H34F3N3O5.